The molecule has 2 nitrogen and oxygen atoms in total. The van der Waals surface area contributed by atoms with Crippen LogP contribution in [0.3, 0.4) is 0 Å². The van der Waals surface area contributed by atoms with Crippen LogP contribution in [0.5, 0.6) is 5.75 Å². The molecule has 17 heavy (non-hydrogen) atoms. The molecule has 4 rings (SSSR count). The number of nitrogens with two attached hydrogens (primary N) is 1. The monoisotopic (exact) mass is 231 g/mol. The molecule has 2 aliphatic rings. The Morgan fingerprint density at radius 2 is 1.88 bits per heavy atom. The minimum Gasteiger partial charge on any atom is -0.496 e. The van der Waals surface area contributed by atoms with Crippen molar-refractivity contribution < 1.29 is 9.13 Å². The van der Waals surface area contributed by atoms with Crippen LogP contribution in [0.15, 0.2) is 42.5 Å². The van der Waals surface area contributed by atoms with Crippen LogP contribution < -0.4 is 10.5 Å². The average molecular weight is 231 g/mol. The fourth-order valence-electron chi connectivity index (χ4n) is 1.64. The Labute approximate surface area is 99.8 Å². The number of benzene rings is 2. The maximum absolute atomic E-state index is 12.2. The Balaban J connectivity index is 0.000000128. The maximum Gasteiger partial charge on any atom is 0.146 e. The summed E-state index contributed by atoms with van der Waals surface area (Å²) in [5.41, 5.74) is 8.11. The van der Waals surface area contributed by atoms with Crippen molar-refractivity contribution in [1.29, 1.82) is 0 Å². The third-order valence-electron chi connectivity index (χ3n) is 2.64. The molecule has 3 heteroatoms. The Morgan fingerprint density at radius 3 is 2.24 bits per heavy atom. The minimum absolute atomic E-state index is 0.201. The highest BCUT2D eigenvalue weighted by Gasteiger charge is 2.12. The number of para-hydroxylation sites is 1. The van der Waals surface area contributed by atoms with Crippen molar-refractivity contribution in [2.45, 2.75) is 6.42 Å². The molecule has 2 aromatic rings. The Hall–Kier alpha value is -2.03. The van der Waals surface area contributed by atoms with E-state index in [1.54, 1.807) is 19.2 Å². The molecular formula is C14H14FNO. The molecule has 0 fully saturated rings. The van der Waals surface area contributed by atoms with Crippen LogP contribution in [-0.4, -0.2) is 7.11 Å². The second-order valence-electron chi connectivity index (χ2n) is 3.84. The van der Waals surface area contributed by atoms with Crippen molar-refractivity contribution in [3.8, 4) is 5.75 Å². The summed E-state index contributed by atoms with van der Waals surface area (Å²) in [5.74, 6) is 0.678. The van der Waals surface area contributed by atoms with Gasteiger partial charge in [0.1, 0.15) is 11.6 Å². The lowest BCUT2D eigenvalue weighted by molar-refractivity contribution is 0.408. The smallest absolute Gasteiger partial charge is 0.146 e. The molecule has 0 radical (unpaired) electrons. The van der Waals surface area contributed by atoms with Crippen molar-refractivity contribution in [2.24, 2.45) is 0 Å². The highest BCUT2D eigenvalue weighted by molar-refractivity contribution is 5.47. The van der Waals surface area contributed by atoms with Gasteiger partial charge in [0.2, 0.25) is 0 Å². The molecule has 0 heterocycles. The number of nitrogen functional groups attached to an aromatic ring is 1. The summed E-state index contributed by atoms with van der Waals surface area (Å²) in [6.45, 7) is 0. The van der Waals surface area contributed by atoms with E-state index in [-0.39, 0.29) is 11.5 Å². The van der Waals surface area contributed by atoms with Crippen molar-refractivity contribution in [3.05, 3.63) is 59.4 Å². The summed E-state index contributed by atoms with van der Waals surface area (Å²) < 4.78 is 17.3. The van der Waals surface area contributed by atoms with Crippen LogP contribution >= 0.6 is 0 Å². The van der Waals surface area contributed by atoms with Gasteiger partial charge in [0.15, 0.2) is 0 Å². The number of fused-ring (bicyclic) bond motifs is 2. The molecule has 0 amide bonds. The van der Waals surface area contributed by atoms with E-state index in [1.807, 2.05) is 6.07 Å². The topological polar surface area (TPSA) is 35.2 Å². The van der Waals surface area contributed by atoms with Gasteiger partial charge in [-0.05, 0) is 29.3 Å². The number of halogens is 1. The third-order valence-corrected chi connectivity index (χ3v) is 2.64. The van der Waals surface area contributed by atoms with Crippen LogP contribution in [0.2, 0.25) is 0 Å². The molecule has 0 unspecified atom stereocenters. The Kier molecular flexibility index (Phi) is 3.28. The predicted octanol–water partition coefficient (Wildman–Crippen LogP) is 3.01. The van der Waals surface area contributed by atoms with E-state index in [0.29, 0.717) is 0 Å². The Bertz CT molecular complexity index is 501. The first-order valence-electron chi connectivity index (χ1n) is 5.36. The van der Waals surface area contributed by atoms with Gasteiger partial charge in [-0.25, -0.2) is 4.39 Å². The second kappa shape index (κ2) is 4.87. The van der Waals surface area contributed by atoms with E-state index in [2.05, 4.69) is 12.1 Å². The number of anilines is 1. The fraction of sp³-hybridized carbons (Fsp3) is 0.143. The van der Waals surface area contributed by atoms with Gasteiger partial charge >= 0.3 is 0 Å². The Morgan fingerprint density at radius 1 is 1.18 bits per heavy atom. The standard InChI is InChI=1S/C8H8O.C6H6FN/c1-9-8-3-2-6-4-7(8)5-6;7-5-3-1-2-4-6(5)8/h2-4H,5H2,1H3;1-4H,8H2. The van der Waals surface area contributed by atoms with Crippen molar-refractivity contribution in [3.63, 3.8) is 0 Å². The summed E-state index contributed by atoms with van der Waals surface area (Å²) in [4.78, 5) is 0. The lowest BCUT2D eigenvalue weighted by atomic mass is 9.92. The van der Waals surface area contributed by atoms with Gasteiger partial charge in [-0.15, -0.1) is 0 Å². The van der Waals surface area contributed by atoms with Crippen LogP contribution in [-0.2, 0) is 6.42 Å². The van der Waals surface area contributed by atoms with Gasteiger partial charge in [-0.3, -0.25) is 0 Å². The van der Waals surface area contributed by atoms with Gasteiger partial charge < -0.3 is 10.5 Å². The third kappa shape index (κ3) is 2.56. The van der Waals surface area contributed by atoms with Crippen LogP contribution in [0, 0.1) is 5.82 Å². The van der Waals surface area contributed by atoms with Gasteiger partial charge in [0.25, 0.3) is 0 Å². The van der Waals surface area contributed by atoms with E-state index in [4.69, 9.17) is 10.5 Å². The van der Waals surface area contributed by atoms with Gasteiger partial charge in [0, 0.05) is 6.42 Å². The molecule has 2 aliphatic carbocycles. The lowest BCUT2D eigenvalue weighted by Crippen LogP contribution is -2.02. The summed E-state index contributed by atoms with van der Waals surface area (Å²) in [6, 6.07) is 12.4. The number of rotatable bonds is 1. The van der Waals surface area contributed by atoms with E-state index in [1.165, 1.54) is 23.3 Å². The summed E-state index contributed by atoms with van der Waals surface area (Å²) in [5, 5.41) is 0. The number of hydrogen-bond acceptors (Lipinski definition) is 2. The van der Waals surface area contributed by atoms with Gasteiger partial charge in [-0.2, -0.15) is 0 Å². The van der Waals surface area contributed by atoms with E-state index >= 15 is 0 Å². The van der Waals surface area contributed by atoms with Gasteiger partial charge in [0.05, 0.1) is 12.8 Å². The molecule has 88 valence electrons. The van der Waals surface area contributed by atoms with E-state index in [9.17, 15) is 4.39 Å². The summed E-state index contributed by atoms with van der Waals surface area (Å²) >= 11 is 0. The summed E-state index contributed by atoms with van der Waals surface area (Å²) in [6.07, 6.45) is 1.11. The van der Waals surface area contributed by atoms with Crippen LogP contribution in [0.4, 0.5) is 10.1 Å². The first kappa shape index (κ1) is 11.5. The fourth-order valence-corrected chi connectivity index (χ4v) is 1.64. The molecule has 2 aromatic carbocycles. The first-order valence-corrected chi connectivity index (χ1v) is 5.36. The molecule has 0 saturated heterocycles. The SMILES string of the molecule is COc1ccc2cc1C2.Nc1ccccc1F. The zero-order valence-corrected chi connectivity index (χ0v) is 9.61. The zero-order chi connectivity index (χ0) is 12.3. The molecule has 0 aliphatic heterocycles. The number of hydrogen-bond donors (Lipinski definition) is 1. The first-order chi connectivity index (χ1) is 8.20. The van der Waals surface area contributed by atoms with Crippen molar-refractivity contribution >= 4 is 5.69 Å². The summed E-state index contributed by atoms with van der Waals surface area (Å²) in [7, 11) is 1.71. The molecule has 2 N–H and O–H groups in total. The van der Waals surface area contributed by atoms with E-state index in [0.717, 1.165) is 12.2 Å². The number of methoxy groups -OCH3 is 1. The number of ether oxygens (including phenoxy) is 1. The van der Waals surface area contributed by atoms with Crippen LogP contribution in [0.1, 0.15) is 11.1 Å². The average Bonchev–Trinajstić information content (AvgIpc) is 2.33. The van der Waals surface area contributed by atoms with Gasteiger partial charge in [-0.1, -0.05) is 24.3 Å². The second-order valence-corrected chi connectivity index (χ2v) is 3.84. The lowest BCUT2D eigenvalue weighted by Gasteiger charge is -2.17. The largest absolute Gasteiger partial charge is 0.496 e. The zero-order valence-electron chi connectivity index (χ0n) is 9.61. The van der Waals surface area contributed by atoms with Crippen LogP contribution in [0.25, 0.3) is 0 Å². The van der Waals surface area contributed by atoms with Crippen molar-refractivity contribution in [1.82, 2.24) is 0 Å². The quantitative estimate of drug-likeness (QED) is 0.653. The highest BCUT2D eigenvalue weighted by Crippen LogP contribution is 2.30. The molecular weight excluding hydrogens is 217 g/mol. The predicted molar refractivity (Wildman–Crippen MR) is 66.6 cm³/mol. The molecule has 0 spiro atoms. The molecule has 0 saturated carbocycles. The maximum atomic E-state index is 12.2. The normalized spacial score (nSPS) is 10.9. The molecule has 2 bridgehead atoms. The highest BCUT2D eigenvalue weighted by atomic mass is 19.1. The van der Waals surface area contributed by atoms with E-state index < -0.39 is 0 Å². The molecule has 0 atom stereocenters. The van der Waals surface area contributed by atoms with Crippen molar-refractivity contribution in [2.75, 3.05) is 12.8 Å². The molecule has 0 aromatic heterocycles. The minimum atomic E-state index is -0.354.